The highest BCUT2D eigenvalue weighted by Crippen LogP contribution is 2.27. The van der Waals surface area contributed by atoms with Crippen molar-refractivity contribution in [2.75, 3.05) is 5.32 Å². The van der Waals surface area contributed by atoms with Crippen molar-refractivity contribution in [3.63, 3.8) is 0 Å². The molecule has 0 saturated heterocycles. The molecule has 0 spiro atoms. The normalized spacial score (nSPS) is 13.6. The number of H-pyrrole nitrogens is 1. The molecular weight excluding hydrogens is 334 g/mol. The molecule has 0 atom stereocenters. The Labute approximate surface area is 148 Å². The first-order chi connectivity index (χ1) is 12.5. The van der Waals surface area contributed by atoms with Gasteiger partial charge in [-0.25, -0.2) is 9.78 Å². The Hall–Kier alpha value is -3.16. The molecule has 0 bridgehead atoms. The van der Waals surface area contributed by atoms with Gasteiger partial charge in [0.15, 0.2) is 11.2 Å². The summed E-state index contributed by atoms with van der Waals surface area (Å²) in [5.74, 6) is -0.239. The standard InChI is InChI=1S/C18H19N5O3/c1-22-16-15(17(25)21-18(22)26)23(10-19-16)9-14(24)20-13-8-4-6-11-5-2-3-7-12(11)13/h4,6,8,10H,2-3,5,7,9H2,1H3,(H,20,24)(H,21,25,26). The topological polar surface area (TPSA) is 102 Å². The van der Waals surface area contributed by atoms with E-state index in [0.717, 1.165) is 24.9 Å². The summed E-state index contributed by atoms with van der Waals surface area (Å²) in [6, 6.07) is 5.96. The number of fused-ring (bicyclic) bond motifs is 2. The summed E-state index contributed by atoms with van der Waals surface area (Å²) in [7, 11) is 1.52. The molecule has 8 nitrogen and oxygen atoms in total. The summed E-state index contributed by atoms with van der Waals surface area (Å²) in [4.78, 5) is 42.6. The number of imidazole rings is 1. The van der Waals surface area contributed by atoms with E-state index in [1.54, 1.807) is 0 Å². The van der Waals surface area contributed by atoms with Gasteiger partial charge in [-0.3, -0.25) is 19.1 Å². The number of rotatable bonds is 3. The van der Waals surface area contributed by atoms with Crippen LogP contribution in [0.2, 0.25) is 0 Å². The maximum atomic E-state index is 12.5. The van der Waals surface area contributed by atoms with Gasteiger partial charge in [0.1, 0.15) is 6.54 Å². The van der Waals surface area contributed by atoms with Crippen molar-refractivity contribution in [1.29, 1.82) is 0 Å². The second kappa shape index (κ2) is 6.29. The molecule has 0 fully saturated rings. The maximum Gasteiger partial charge on any atom is 0.329 e. The van der Waals surface area contributed by atoms with Gasteiger partial charge in [-0.2, -0.15) is 0 Å². The van der Waals surface area contributed by atoms with Crippen LogP contribution in [0.25, 0.3) is 11.2 Å². The first-order valence-corrected chi connectivity index (χ1v) is 8.59. The van der Waals surface area contributed by atoms with Crippen LogP contribution in [0.15, 0.2) is 34.1 Å². The first-order valence-electron chi connectivity index (χ1n) is 8.59. The number of aromatic amines is 1. The van der Waals surface area contributed by atoms with Crippen LogP contribution in [0, 0.1) is 0 Å². The van der Waals surface area contributed by atoms with Crippen molar-refractivity contribution < 1.29 is 4.79 Å². The lowest BCUT2D eigenvalue weighted by molar-refractivity contribution is -0.116. The van der Waals surface area contributed by atoms with Gasteiger partial charge >= 0.3 is 5.69 Å². The summed E-state index contributed by atoms with van der Waals surface area (Å²) >= 11 is 0. The van der Waals surface area contributed by atoms with Gasteiger partial charge in [0, 0.05) is 12.7 Å². The molecule has 0 saturated carbocycles. The Morgan fingerprint density at radius 3 is 2.92 bits per heavy atom. The minimum atomic E-state index is -0.550. The van der Waals surface area contributed by atoms with E-state index in [1.165, 1.54) is 40.1 Å². The van der Waals surface area contributed by atoms with E-state index in [0.29, 0.717) is 0 Å². The quantitative estimate of drug-likeness (QED) is 0.731. The number of hydrogen-bond acceptors (Lipinski definition) is 4. The molecule has 8 heteroatoms. The van der Waals surface area contributed by atoms with Gasteiger partial charge in [0.25, 0.3) is 5.56 Å². The van der Waals surface area contributed by atoms with E-state index in [9.17, 15) is 14.4 Å². The summed E-state index contributed by atoms with van der Waals surface area (Å²) in [6.45, 7) is -0.0541. The highest BCUT2D eigenvalue weighted by atomic mass is 16.2. The molecule has 2 aromatic heterocycles. The summed E-state index contributed by atoms with van der Waals surface area (Å²) in [5.41, 5.74) is 2.69. The molecule has 1 amide bonds. The van der Waals surface area contributed by atoms with Crippen LogP contribution in [-0.4, -0.2) is 25.0 Å². The van der Waals surface area contributed by atoms with Gasteiger partial charge in [0.05, 0.1) is 6.33 Å². The Morgan fingerprint density at radius 1 is 1.27 bits per heavy atom. The lowest BCUT2D eigenvalue weighted by atomic mass is 9.90. The fraction of sp³-hybridized carbons (Fsp3) is 0.333. The smallest absolute Gasteiger partial charge is 0.324 e. The second-order valence-corrected chi connectivity index (χ2v) is 6.56. The van der Waals surface area contributed by atoms with E-state index in [1.807, 2.05) is 12.1 Å². The zero-order valence-electron chi connectivity index (χ0n) is 14.4. The van der Waals surface area contributed by atoms with Gasteiger partial charge in [-0.05, 0) is 42.9 Å². The molecule has 2 N–H and O–H groups in total. The number of carbonyl (C=O) groups is 1. The average molecular weight is 353 g/mol. The predicted molar refractivity (Wildman–Crippen MR) is 97.3 cm³/mol. The lowest BCUT2D eigenvalue weighted by Gasteiger charge is -2.19. The Morgan fingerprint density at radius 2 is 2.08 bits per heavy atom. The van der Waals surface area contributed by atoms with E-state index >= 15 is 0 Å². The van der Waals surface area contributed by atoms with Crippen LogP contribution in [-0.2, 0) is 31.2 Å². The van der Waals surface area contributed by atoms with Crippen molar-refractivity contribution in [3.8, 4) is 0 Å². The summed E-state index contributed by atoms with van der Waals surface area (Å²) < 4.78 is 2.71. The number of amides is 1. The third kappa shape index (κ3) is 2.73. The maximum absolute atomic E-state index is 12.5. The highest BCUT2D eigenvalue weighted by molar-refractivity contribution is 5.92. The molecule has 2 heterocycles. The molecule has 3 aromatic rings. The monoisotopic (exact) mass is 353 g/mol. The zero-order chi connectivity index (χ0) is 18.3. The van der Waals surface area contributed by atoms with Gasteiger partial charge in [0.2, 0.25) is 5.91 Å². The van der Waals surface area contributed by atoms with E-state index in [-0.39, 0.29) is 23.6 Å². The average Bonchev–Trinajstić information content (AvgIpc) is 3.04. The van der Waals surface area contributed by atoms with E-state index < -0.39 is 11.2 Å². The molecular formula is C18H19N5O3. The van der Waals surface area contributed by atoms with Gasteiger partial charge in [-0.1, -0.05) is 12.1 Å². The number of anilines is 1. The number of carbonyl (C=O) groups excluding carboxylic acids is 1. The Bertz CT molecular complexity index is 1120. The Balaban J connectivity index is 1.62. The van der Waals surface area contributed by atoms with E-state index in [2.05, 4.69) is 21.4 Å². The summed E-state index contributed by atoms with van der Waals surface area (Å²) in [5, 5.41) is 2.95. The van der Waals surface area contributed by atoms with Crippen LogP contribution in [0.1, 0.15) is 24.0 Å². The lowest BCUT2D eigenvalue weighted by Crippen LogP contribution is -2.30. The molecule has 0 radical (unpaired) electrons. The Kier molecular flexibility index (Phi) is 3.95. The molecule has 134 valence electrons. The zero-order valence-corrected chi connectivity index (χ0v) is 14.4. The molecule has 1 aliphatic rings. The summed E-state index contributed by atoms with van der Waals surface area (Å²) in [6.07, 6.45) is 5.69. The SMILES string of the molecule is Cn1c(=O)[nH]c(=O)c2c1ncn2CC(=O)Nc1cccc2c1CCCC2. The van der Waals surface area contributed by atoms with Crippen molar-refractivity contribution in [1.82, 2.24) is 19.1 Å². The second-order valence-electron chi connectivity index (χ2n) is 6.56. The molecule has 26 heavy (non-hydrogen) atoms. The molecule has 0 aliphatic heterocycles. The number of aromatic nitrogens is 4. The van der Waals surface area contributed by atoms with Crippen LogP contribution >= 0.6 is 0 Å². The predicted octanol–water partition coefficient (Wildman–Crippen LogP) is 0.941. The van der Waals surface area contributed by atoms with Crippen molar-refractivity contribution in [2.24, 2.45) is 7.05 Å². The molecule has 4 rings (SSSR count). The third-order valence-corrected chi connectivity index (χ3v) is 4.86. The van der Waals surface area contributed by atoms with Crippen LogP contribution in [0.4, 0.5) is 5.69 Å². The largest absolute Gasteiger partial charge is 0.329 e. The van der Waals surface area contributed by atoms with Crippen LogP contribution < -0.4 is 16.6 Å². The number of hydrogen-bond donors (Lipinski definition) is 2. The van der Waals surface area contributed by atoms with E-state index in [4.69, 9.17) is 0 Å². The number of aryl methyl sites for hydroxylation is 2. The minimum Gasteiger partial charge on any atom is -0.324 e. The fourth-order valence-electron chi connectivity index (χ4n) is 3.55. The number of nitrogens with zero attached hydrogens (tertiary/aromatic N) is 3. The van der Waals surface area contributed by atoms with Gasteiger partial charge < -0.3 is 9.88 Å². The van der Waals surface area contributed by atoms with Crippen LogP contribution in [0.5, 0.6) is 0 Å². The number of benzene rings is 1. The molecule has 1 aliphatic carbocycles. The number of nitrogens with one attached hydrogen (secondary N) is 2. The minimum absolute atomic E-state index is 0.0541. The van der Waals surface area contributed by atoms with Gasteiger partial charge in [-0.15, -0.1) is 0 Å². The highest BCUT2D eigenvalue weighted by Gasteiger charge is 2.17. The van der Waals surface area contributed by atoms with Crippen molar-refractivity contribution in [2.45, 2.75) is 32.2 Å². The third-order valence-electron chi connectivity index (χ3n) is 4.86. The van der Waals surface area contributed by atoms with Crippen molar-refractivity contribution in [3.05, 3.63) is 56.5 Å². The first kappa shape index (κ1) is 16.3. The van der Waals surface area contributed by atoms with Crippen molar-refractivity contribution >= 4 is 22.8 Å². The molecule has 1 aromatic carbocycles. The molecule has 0 unspecified atom stereocenters. The fourth-order valence-corrected chi connectivity index (χ4v) is 3.55. The van der Waals surface area contributed by atoms with Crippen LogP contribution in [0.3, 0.4) is 0 Å².